The molecule has 0 amide bonds. The number of rotatable bonds is 0. The van der Waals surface area contributed by atoms with Gasteiger partial charge in [-0.25, -0.2) is 0 Å². The van der Waals surface area contributed by atoms with Crippen molar-refractivity contribution in [2.24, 2.45) is 0 Å². The van der Waals surface area contributed by atoms with Crippen molar-refractivity contribution in [1.29, 1.82) is 0 Å². The summed E-state index contributed by atoms with van der Waals surface area (Å²) in [5.41, 5.74) is 0. The van der Waals surface area contributed by atoms with Gasteiger partial charge in [-0.3, -0.25) is 0 Å². The van der Waals surface area contributed by atoms with Crippen LogP contribution in [0.1, 0.15) is 34.1 Å². The third-order valence-corrected chi connectivity index (χ3v) is 1.09. The zero-order chi connectivity index (χ0) is 9.82. The lowest BCUT2D eigenvalue weighted by molar-refractivity contribution is -0.0976. The molecule has 0 aromatic heterocycles. The lowest BCUT2D eigenvalue weighted by Gasteiger charge is -2.19. The molecular formula is C9H24N2O. The second-order valence-corrected chi connectivity index (χ2v) is 2.41. The van der Waals surface area contributed by atoms with Gasteiger partial charge >= 0.3 is 0 Å². The normalized spacial score (nSPS) is 16.8. The lowest BCUT2D eigenvalue weighted by Crippen LogP contribution is -2.41. The van der Waals surface area contributed by atoms with Gasteiger partial charge in [-0.2, -0.15) is 5.06 Å². The molecule has 12 heavy (non-hydrogen) atoms. The first-order valence-corrected chi connectivity index (χ1v) is 4.95. The van der Waals surface area contributed by atoms with E-state index in [1.165, 1.54) is 11.5 Å². The minimum absolute atomic E-state index is 0.764. The van der Waals surface area contributed by atoms with Gasteiger partial charge in [-0.1, -0.05) is 34.1 Å². The fraction of sp³-hybridized carbons (Fsp3) is 1.00. The van der Waals surface area contributed by atoms with E-state index in [2.05, 4.69) is 19.2 Å². The summed E-state index contributed by atoms with van der Waals surface area (Å²) in [5, 5.41) is 13.1. The summed E-state index contributed by atoms with van der Waals surface area (Å²) in [6, 6.07) is 0. The summed E-state index contributed by atoms with van der Waals surface area (Å²) >= 11 is 0. The molecule has 0 radical (unpaired) electrons. The number of hydrogen-bond acceptors (Lipinski definition) is 3. The van der Waals surface area contributed by atoms with Gasteiger partial charge in [0.2, 0.25) is 0 Å². The Hall–Kier alpha value is -0.120. The van der Waals surface area contributed by atoms with E-state index >= 15 is 0 Å². The van der Waals surface area contributed by atoms with Gasteiger partial charge in [0, 0.05) is 26.2 Å². The van der Waals surface area contributed by atoms with Gasteiger partial charge in [0.15, 0.2) is 0 Å². The van der Waals surface area contributed by atoms with E-state index in [0.29, 0.717) is 0 Å². The number of nitrogens with zero attached hydrogens (tertiary/aromatic N) is 1. The summed E-state index contributed by atoms with van der Waals surface area (Å²) in [4.78, 5) is 0. The van der Waals surface area contributed by atoms with E-state index < -0.39 is 0 Å². The molecular weight excluding hydrogens is 152 g/mol. The van der Waals surface area contributed by atoms with Gasteiger partial charge < -0.3 is 10.5 Å². The minimum atomic E-state index is 0.764. The molecule has 1 aliphatic heterocycles. The van der Waals surface area contributed by atoms with Gasteiger partial charge in [0.1, 0.15) is 0 Å². The maximum atomic E-state index is 8.70. The van der Waals surface area contributed by atoms with Crippen LogP contribution in [-0.2, 0) is 0 Å². The molecule has 1 aliphatic rings. The van der Waals surface area contributed by atoms with E-state index in [-0.39, 0.29) is 0 Å². The predicted molar refractivity (Wildman–Crippen MR) is 53.5 cm³/mol. The van der Waals surface area contributed by atoms with Crippen molar-refractivity contribution in [2.45, 2.75) is 34.1 Å². The third kappa shape index (κ3) is 12.5. The summed E-state index contributed by atoms with van der Waals surface area (Å²) in [6.45, 7) is 11.6. The van der Waals surface area contributed by atoms with Crippen LogP contribution in [0.4, 0.5) is 0 Å². The molecule has 0 saturated carbocycles. The first-order valence-electron chi connectivity index (χ1n) is 4.95. The number of hydrogen-bond donors (Lipinski definition) is 2. The van der Waals surface area contributed by atoms with Crippen LogP contribution in [-0.4, -0.2) is 36.4 Å². The summed E-state index contributed by atoms with van der Waals surface area (Å²) in [5.74, 6) is 0. The zero-order valence-corrected chi connectivity index (χ0v) is 8.93. The molecule has 1 saturated heterocycles. The Kier molecular flexibility index (Phi) is 16.2. The van der Waals surface area contributed by atoms with Crippen LogP contribution in [0.2, 0.25) is 0 Å². The number of hydroxylamine groups is 2. The molecule has 0 atom stereocenters. The van der Waals surface area contributed by atoms with Crippen molar-refractivity contribution < 1.29 is 5.21 Å². The fourth-order valence-corrected chi connectivity index (χ4v) is 0.653. The molecule has 0 aromatic carbocycles. The van der Waals surface area contributed by atoms with E-state index in [1.807, 2.05) is 13.8 Å². The average Bonchev–Trinajstić information content (AvgIpc) is 2.11. The Bertz CT molecular complexity index is 63.5. The Balaban J connectivity index is 0. The topological polar surface area (TPSA) is 35.5 Å². The molecule has 0 spiro atoms. The standard InChI is InChI=1S/C4H10N2O.C3H8.C2H6/c7-6-3-1-5-2-4-6;1-3-2;1-2/h5,7H,1-4H2;3H2,1-2H3;1-2H3. The van der Waals surface area contributed by atoms with Gasteiger partial charge in [-0.05, 0) is 0 Å². The van der Waals surface area contributed by atoms with Crippen LogP contribution in [0, 0.1) is 0 Å². The summed E-state index contributed by atoms with van der Waals surface area (Å²) < 4.78 is 0. The molecule has 0 bridgehead atoms. The minimum Gasteiger partial charge on any atom is -0.314 e. The van der Waals surface area contributed by atoms with Gasteiger partial charge in [0.05, 0.1) is 0 Å². The molecule has 3 nitrogen and oxygen atoms in total. The first-order chi connectivity index (χ1) is 5.81. The van der Waals surface area contributed by atoms with Crippen molar-refractivity contribution >= 4 is 0 Å². The van der Waals surface area contributed by atoms with Crippen LogP contribution in [0.3, 0.4) is 0 Å². The van der Waals surface area contributed by atoms with Crippen LogP contribution >= 0.6 is 0 Å². The SMILES string of the molecule is CC.CCC.ON1CCNCC1. The van der Waals surface area contributed by atoms with Crippen molar-refractivity contribution in [3.8, 4) is 0 Å². The highest BCUT2D eigenvalue weighted by Crippen LogP contribution is 1.82. The Morgan fingerprint density at radius 1 is 1.17 bits per heavy atom. The number of nitrogens with one attached hydrogen (secondary N) is 1. The molecule has 3 heteroatoms. The van der Waals surface area contributed by atoms with Crippen molar-refractivity contribution in [3.05, 3.63) is 0 Å². The molecule has 1 fully saturated rings. The maximum absolute atomic E-state index is 8.70. The highest BCUT2D eigenvalue weighted by molar-refractivity contribution is 4.58. The van der Waals surface area contributed by atoms with E-state index in [4.69, 9.17) is 5.21 Å². The zero-order valence-electron chi connectivity index (χ0n) is 8.93. The summed E-state index contributed by atoms with van der Waals surface area (Å²) in [7, 11) is 0. The number of piperazine rings is 1. The monoisotopic (exact) mass is 176 g/mol. The van der Waals surface area contributed by atoms with E-state index in [1.54, 1.807) is 0 Å². The third-order valence-electron chi connectivity index (χ3n) is 1.09. The first kappa shape index (κ1) is 14.4. The van der Waals surface area contributed by atoms with Crippen LogP contribution in [0.25, 0.3) is 0 Å². The summed E-state index contributed by atoms with van der Waals surface area (Å²) in [6.07, 6.45) is 1.25. The Morgan fingerprint density at radius 2 is 1.50 bits per heavy atom. The van der Waals surface area contributed by atoms with Gasteiger partial charge in [0.25, 0.3) is 0 Å². The fourth-order valence-electron chi connectivity index (χ4n) is 0.653. The molecule has 76 valence electrons. The van der Waals surface area contributed by atoms with Gasteiger partial charge in [-0.15, -0.1) is 0 Å². The second-order valence-electron chi connectivity index (χ2n) is 2.41. The van der Waals surface area contributed by atoms with Crippen molar-refractivity contribution in [3.63, 3.8) is 0 Å². The van der Waals surface area contributed by atoms with E-state index in [0.717, 1.165) is 26.2 Å². The molecule has 2 N–H and O–H groups in total. The molecule has 0 aromatic rings. The largest absolute Gasteiger partial charge is 0.314 e. The van der Waals surface area contributed by atoms with Crippen molar-refractivity contribution in [2.75, 3.05) is 26.2 Å². The van der Waals surface area contributed by atoms with E-state index in [9.17, 15) is 0 Å². The van der Waals surface area contributed by atoms with Crippen LogP contribution in [0.15, 0.2) is 0 Å². The average molecular weight is 176 g/mol. The molecule has 0 aliphatic carbocycles. The second kappa shape index (κ2) is 13.5. The molecule has 0 unspecified atom stereocenters. The quantitative estimate of drug-likeness (QED) is 0.590. The highest BCUT2D eigenvalue weighted by Gasteiger charge is 2.03. The molecule has 1 rings (SSSR count). The predicted octanol–water partition coefficient (Wildman–Crippen LogP) is 1.72. The maximum Gasteiger partial charge on any atom is 0.0363 e. The smallest absolute Gasteiger partial charge is 0.0363 e. The highest BCUT2D eigenvalue weighted by atomic mass is 16.5. The molecule has 1 heterocycles. The van der Waals surface area contributed by atoms with Crippen molar-refractivity contribution in [1.82, 2.24) is 10.4 Å². The van der Waals surface area contributed by atoms with Crippen LogP contribution < -0.4 is 5.32 Å². The Labute approximate surface area is 76.7 Å². The Morgan fingerprint density at radius 3 is 1.67 bits per heavy atom. The van der Waals surface area contributed by atoms with Crippen LogP contribution in [0.5, 0.6) is 0 Å². The lowest BCUT2D eigenvalue weighted by atomic mass is 10.4.